The van der Waals surface area contributed by atoms with Gasteiger partial charge >= 0.3 is 12.1 Å². The molecule has 0 aromatic heterocycles. The number of carbonyl (C=O) groups is 2. The van der Waals surface area contributed by atoms with Gasteiger partial charge in [-0.05, 0) is 54.3 Å². The predicted octanol–water partition coefficient (Wildman–Crippen LogP) is 6.95. The highest BCUT2D eigenvalue weighted by Crippen LogP contribution is 2.49. The first-order valence-electron chi connectivity index (χ1n) is 13.1. The van der Waals surface area contributed by atoms with Crippen LogP contribution < -0.4 is 19.7 Å². The molecule has 5 rings (SSSR count). The summed E-state index contributed by atoms with van der Waals surface area (Å²) < 4.78 is 53.4. The average molecular weight is 551 g/mol. The van der Waals surface area contributed by atoms with Crippen molar-refractivity contribution in [1.29, 1.82) is 0 Å². The number of carbonyl (C=O) groups excluding carboxylic acids is 2. The second kappa shape index (κ2) is 11.1. The maximum atomic E-state index is 14.1. The van der Waals surface area contributed by atoms with Crippen LogP contribution in [0.1, 0.15) is 49.3 Å². The number of para-hydroxylation sites is 3. The fourth-order valence-electron chi connectivity index (χ4n) is 5.43. The molecule has 1 heterocycles. The quantitative estimate of drug-likeness (QED) is 0.360. The molecular formula is C31H29F3N2O4. The van der Waals surface area contributed by atoms with Crippen LogP contribution in [0.25, 0.3) is 0 Å². The number of fused-ring (bicyclic) bond motifs is 1. The number of hydrogen-bond donors (Lipinski definition) is 1. The molecule has 1 aliphatic carbocycles. The third-order valence-electron chi connectivity index (χ3n) is 7.20. The summed E-state index contributed by atoms with van der Waals surface area (Å²) >= 11 is 0. The van der Waals surface area contributed by atoms with E-state index < -0.39 is 18.1 Å². The number of alkyl halides is 3. The molecule has 0 unspecified atom stereocenters. The van der Waals surface area contributed by atoms with E-state index in [1.54, 1.807) is 42.5 Å². The van der Waals surface area contributed by atoms with Gasteiger partial charge in [-0.2, -0.15) is 13.2 Å². The van der Waals surface area contributed by atoms with Crippen LogP contribution in [0.4, 0.5) is 24.5 Å². The molecule has 208 valence electrons. The highest BCUT2D eigenvalue weighted by atomic mass is 19.4. The van der Waals surface area contributed by atoms with Crippen molar-refractivity contribution in [3.63, 3.8) is 0 Å². The second-order valence-electron chi connectivity index (χ2n) is 9.80. The molecule has 40 heavy (non-hydrogen) atoms. The van der Waals surface area contributed by atoms with Crippen molar-refractivity contribution in [2.24, 2.45) is 0 Å². The minimum atomic E-state index is -5.17. The molecule has 9 heteroatoms. The highest BCUT2D eigenvalue weighted by Gasteiger charge is 2.50. The maximum Gasteiger partial charge on any atom is 0.471 e. The van der Waals surface area contributed by atoms with Crippen molar-refractivity contribution in [3.8, 4) is 11.5 Å². The summed E-state index contributed by atoms with van der Waals surface area (Å²) in [6.45, 7) is 2.52. The van der Waals surface area contributed by atoms with Gasteiger partial charge in [-0.3, -0.25) is 14.5 Å². The highest BCUT2D eigenvalue weighted by molar-refractivity contribution is 6.07. The summed E-state index contributed by atoms with van der Waals surface area (Å²) in [5.41, 5.74) is 2.20. The Balaban J connectivity index is 1.69. The first-order chi connectivity index (χ1) is 19.2. The van der Waals surface area contributed by atoms with Crippen molar-refractivity contribution < 1.29 is 32.2 Å². The first-order valence-corrected chi connectivity index (χ1v) is 13.1. The lowest BCUT2D eigenvalue weighted by atomic mass is 9.78. The van der Waals surface area contributed by atoms with Gasteiger partial charge in [0.25, 0.3) is 0 Å². The number of nitrogens with zero attached hydrogens (tertiary/aromatic N) is 1. The minimum Gasteiger partial charge on any atom is -0.497 e. The van der Waals surface area contributed by atoms with E-state index in [0.717, 1.165) is 12.0 Å². The summed E-state index contributed by atoms with van der Waals surface area (Å²) in [6.07, 6.45) is -3.94. The summed E-state index contributed by atoms with van der Waals surface area (Å²) in [4.78, 5) is 27.7. The number of allylic oxidation sites excluding steroid dienone is 1. The van der Waals surface area contributed by atoms with Gasteiger partial charge in [0.15, 0.2) is 5.78 Å². The van der Waals surface area contributed by atoms with Crippen molar-refractivity contribution in [3.05, 3.63) is 95.2 Å². The molecule has 2 atom stereocenters. The number of halogens is 3. The van der Waals surface area contributed by atoms with Crippen LogP contribution in [0.3, 0.4) is 0 Å². The fourth-order valence-corrected chi connectivity index (χ4v) is 5.43. The summed E-state index contributed by atoms with van der Waals surface area (Å²) in [5, 5.41) is 3.24. The van der Waals surface area contributed by atoms with Crippen LogP contribution in [0.15, 0.2) is 84.1 Å². The van der Waals surface area contributed by atoms with Gasteiger partial charge in [0, 0.05) is 23.6 Å². The molecule has 0 fully saturated rings. The van der Waals surface area contributed by atoms with Crippen LogP contribution >= 0.6 is 0 Å². The largest absolute Gasteiger partial charge is 0.497 e. The zero-order chi connectivity index (χ0) is 28.4. The Kier molecular flexibility index (Phi) is 7.56. The molecule has 2 aliphatic rings. The summed E-state index contributed by atoms with van der Waals surface area (Å²) in [7, 11) is 1.48. The first kappa shape index (κ1) is 27.3. The average Bonchev–Trinajstić information content (AvgIpc) is 3.10. The molecule has 6 nitrogen and oxygen atoms in total. The van der Waals surface area contributed by atoms with Crippen LogP contribution in [-0.4, -0.2) is 31.6 Å². The van der Waals surface area contributed by atoms with Crippen LogP contribution in [-0.2, 0) is 9.59 Å². The van der Waals surface area contributed by atoms with Crippen molar-refractivity contribution in [1.82, 2.24) is 0 Å². The Morgan fingerprint density at radius 2 is 1.70 bits per heavy atom. The Morgan fingerprint density at radius 3 is 2.40 bits per heavy atom. The van der Waals surface area contributed by atoms with E-state index in [9.17, 15) is 22.8 Å². The van der Waals surface area contributed by atoms with Gasteiger partial charge in [0.05, 0.1) is 31.1 Å². The molecule has 1 N–H and O–H groups in total. The van der Waals surface area contributed by atoms with E-state index in [4.69, 9.17) is 9.47 Å². The fraction of sp³-hybridized carbons (Fsp3) is 0.290. The lowest BCUT2D eigenvalue weighted by Gasteiger charge is -2.35. The van der Waals surface area contributed by atoms with Crippen molar-refractivity contribution >= 4 is 23.1 Å². The standard InChI is InChI=1S/C31H29F3N2O4/c1-3-16-40-27-11-7-4-8-22(27)20-17-24-28(26(37)18-20)29(19-12-14-21(39-2)15-13-19)36(30(38)31(32,33)34)25-10-6-5-9-23(25)35-24/h4-15,20,29,35H,3,16-18H2,1-2H3/t20-,29+/m1/s1. The molecule has 3 aromatic rings. The molecule has 1 aliphatic heterocycles. The van der Waals surface area contributed by atoms with E-state index in [2.05, 4.69) is 5.32 Å². The zero-order valence-electron chi connectivity index (χ0n) is 22.1. The molecule has 0 spiro atoms. The van der Waals surface area contributed by atoms with E-state index in [1.807, 2.05) is 31.2 Å². The number of benzene rings is 3. The minimum absolute atomic E-state index is 0.0380. The number of Topliss-reactive ketones (excluding diaryl/α,β-unsaturated/α-hetero) is 1. The molecule has 0 bridgehead atoms. The van der Waals surface area contributed by atoms with Gasteiger partial charge < -0.3 is 14.8 Å². The van der Waals surface area contributed by atoms with E-state index in [-0.39, 0.29) is 29.4 Å². The Bertz CT molecular complexity index is 1450. The lowest BCUT2D eigenvalue weighted by Crippen LogP contribution is -2.45. The normalized spacial score (nSPS) is 18.8. The van der Waals surface area contributed by atoms with E-state index >= 15 is 0 Å². The zero-order valence-corrected chi connectivity index (χ0v) is 22.1. The molecule has 1 amide bonds. The number of rotatable bonds is 6. The van der Waals surface area contributed by atoms with Crippen molar-refractivity contribution in [2.75, 3.05) is 23.9 Å². The van der Waals surface area contributed by atoms with Crippen LogP contribution in [0.2, 0.25) is 0 Å². The topological polar surface area (TPSA) is 67.9 Å². The van der Waals surface area contributed by atoms with Gasteiger partial charge in [0.1, 0.15) is 11.5 Å². The third kappa shape index (κ3) is 5.15. The molecular weight excluding hydrogens is 521 g/mol. The Labute approximate surface area is 230 Å². The van der Waals surface area contributed by atoms with Gasteiger partial charge in [-0.25, -0.2) is 0 Å². The van der Waals surface area contributed by atoms with Crippen LogP contribution in [0.5, 0.6) is 11.5 Å². The molecule has 0 radical (unpaired) electrons. The lowest BCUT2D eigenvalue weighted by molar-refractivity contribution is -0.170. The van der Waals surface area contributed by atoms with Crippen molar-refractivity contribution in [2.45, 2.75) is 44.3 Å². The predicted molar refractivity (Wildman–Crippen MR) is 146 cm³/mol. The number of anilines is 2. The number of hydrogen-bond acceptors (Lipinski definition) is 5. The number of amides is 1. The second-order valence-corrected chi connectivity index (χ2v) is 9.80. The summed E-state index contributed by atoms with van der Waals surface area (Å²) in [5.74, 6) is -1.47. The molecule has 0 saturated heterocycles. The maximum absolute atomic E-state index is 14.1. The SMILES string of the molecule is CCCOc1ccccc1[C@H]1CC(=O)C2=C(C1)Nc1ccccc1N(C(=O)C(F)(F)F)[C@H]2c1ccc(OC)cc1. The smallest absolute Gasteiger partial charge is 0.471 e. The number of nitrogens with one attached hydrogen (secondary N) is 1. The van der Waals surface area contributed by atoms with E-state index in [0.29, 0.717) is 46.4 Å². The molecule has 0 saturated carbocycles. The Morgan fingerprint density at radius 1 is 1.00 bits per heavy atom. The number of ether oxygens (including phenoxy) is 2. The monoisotopic (exact) mass is 550 g/mol. The van der Waals surface area contributed by atoms with Gasteiger partial charge in [-0.15, -0.1) is 0 Å². The van der Waals surface area contributed by atoms with E-state index in [1.165, 1.54) is 13.2 Å². The van der Waals surface area contributed by atoms with Gasteiger partial charge in [-0.1, -0.05) is 49.4 Å². The number of ketones is 1. The van der Waals surface area contributed by atoms with Gasteiger partial charge in [0.2, 0.25) is 0 Å². The third-order valence-corrected chi connectivity index (χ3v) is 7.20. The number of methoxy groups -OCH3 is 1. The Hall–Kier alpha value is -4.27. The summed E-state index contributed by atoms with van der Waals surface area (Å²) in [6, 6.07) is 18.9. The van der Waals surface area contributed by atoms with Crippen LogP contribution in [0, 0.1) is 0 Å². The molecule has 3 aromatic carbocycles.